The summed E-state index contributed by atoms with van der Waals surface area (Å²) in [6.45, 7) is 0.131. The quantitative estimate of drug-likeness (QED) is 0.885. The standard InChI is InChI=1S/C16H17FN2O3/c1-22-14-6-2-5-13(15(14)17)16(21)19(8-9-20)11-12-4-3-7-18-10-12/h2-7,10,20H,8-9,11H2,1H3. The molecule has 0 bridgehead atoms. The van der Waals surface area contributed by atoms with E-state index in [0.29, 0.717) is 0 Å². The van der Waals surface area contributed by atoms with E-state index in [1.165, 1.54) is 24.1 Å². The lowest BCUT2D eigenvalue weighted by atomic mass is 10.1. The van der Waals surface area contributed by atoms with Crippen LogP contribution in [0.5, 0.6) is 5.75 Å². The number of benzene rings is 1. The number of aliphatic hydroxyl groups is 1. The van der Waals surface area contributed by atoms with E-state index in [0.717, 1.165) is 5.56 Å². The average Bonchev–Trinajstić information content (AvgIpc) is 2.55. The van der Waals surface area contributed by atoms with Crippen molar-refractivity contribution >= 4 is 5.91 Å². The molecule has 1 aromatic heterocycles. The Balaban J connectivity index is 2.26. The SMILES string of the molecule is COc1cccc(C(=O)N(CCO)Cc2cccnc2)c1F. The Morgan fingerprint density at radius 1 is 1.36 bits per heavy atom. The second-order valence-electron chi connectivity index (χ2n) is 4.63. The number of nitrogens with zero attached hydrogens (tertiary/aromatic N) is 2. The summed E-state index contributed by atoms with van der Waals surface area (Å²) in [7, 11) is 1.34. The monoisotopic (exact) mass is 304 g/mol. The van der Waals surface area contributed by atoms with Gasteiger partial charge in [-0.3, -0.25) is 9.78 Å². The lowest BCUT2D eigenvalue weighted by Crippen LogP contribution is -2.33. The van der Waals surface area contributed by atoms with Crippen molar-refractivity contribution in [1.29, 1.82) is 0 Å². The zero-order valence-electron chi connectivity index (χ0n) is 12.2. The van der Waals surface area contributed by atoms with Gasteiger partial charge in [-0.2, -0.15) is 0 Å². The van der Waals surface area contributed by atoms with Crippen LogP contribution < -0.4 is 4.74 Å². The first-order valence-corrected chi connectivity index (χ1v) is 6.79. The maximum Gasteiger partial charge on any atom is 0.257 e. The molecule has 5 nitrogen and oxygen atoms in total. The predicted molar refractivity (Wildman–Crippen MR) is 79.0 cm³/mol. The molecule has 0 aliphatic carbocycles. The smallest absolute Gasteiger partial charge is 0.257 e. The third kappa shape index (κ3) is 3.59. The molecule has 116 valence electrons. The van der Waals surface area contributed by atoms with Crippen LogP contribution in [0.4, 0.5) is 4.39 Å². The molecule has 0 radical (unpaired) electrons. The largest absolute Gasteiger partial charge is 0.494 e. The van der Waals surface area contributed by atoms with E-state index in [2.05, 4.69) is 4.98 Å². The fourth-order valence-corrected chi connectivity index (χ4v) is 2.09. The number of hydrogen-bond acceptors (Lipinski definition) is 4. The molecule has 0 unspecified atom stereocenters. The molecule has 1 amide bonds. The summed E-state index contributed by atoms with van der Waals surface area (Å²) in [5.41, 5.74) is 0.712. The number of aliphatic hydroxyl groups excluding tert-OH is 1. The van der Waals surface area contributed by atoms with Gasteiger partial charge in [-0.1, -0.05) is 12.1 Å². The number of methoxy groups -OCH3 is 1. The third-order valence-electron chi connectivity index (χ3n) is 3.17. The minimum Gasteiger partial charge on any atom is -0.494 e. The number of pyridine rings is 1. The molecule has 0 saturated carbocycles. The van der Waals surface area contributed by atoms with Gasteiger partial charge in [0.15, 0.2) is 11.6 Å². The topological polar surface area (TPSA) is 62.7 Å². The predicted octanol–water partition coefficient (Wildman–Crippen LogP) is 1.86. The van der Waals surface area contributed by atoms with Gasteiger partial charge in [-0.25, -0.2) is 4.39 Å². The van der Waals surface area contributed by atoms with Gasteiger partial charge in [0, 0.05) is 25.5 Å². The Labute approximate surface area is 128 Å². The first-order chi connectivity index (χ1) is 10.7. The summed E-state index contributed by atoms with van der Waals surface area (Å²) in [6, 6.07) is 7.96. The Hall–Kier alpha value is -2.47. The molecule has 0 fully saturated rings. The number of halogens is 1. The van der Waals surface area contributed by atoms with Gasteiger partial charge in [0.1, 0.15) is 0 Å². The maximum atomic E-state index is 14.2. The summed E-state index contributed by atoms with van der Waals surface area (Å²) >= 11 is 0. The number of aromatic nitrogens is 1. The minimum atomic E-state index is -0.705. The van der Waals surface area contributed by atoms with Gasteiger partial charge < -0.3 is 14.7 Å². The summed E-state index contributed by atoms with van der Waals surface area (Å²) in [4.78, 5) is 17.9. The highest BCUT2D eigenvalue weighted by molar-refractivity contribution is 5.95. The van der Waals surface area contributed by atoms with E-state index in [9.17, 15) is 9.18 Å². The van der Waals surface area contributed by atoms with E-state index in [4.69, 9.17) is 9.84 Å². The highest BCUT2D eigenvalue weighted by Crippen LogP contribution is 2.21. The number of hydrogen-bond donors (Lipinski definition) is 1. The molecule has 22 heavy (non-hydrogen) atoms. The minimum absolute atomic E-state index is 0.0103. The van der Waals surface area contributed by atoms with E-state index in [-0.39, 0.29) is 31.0 Å². The zero-order chi connectivity index (χ0) is 15.9. The molecule has 0 atom stereocenters. The van der Waals surface area contributed by atoms with Crippen molar-refractivity contribution in [2.24, 2.45) is 0 Å². The van der Waals surface area contributed by atoms with Crippen LogP contribution in [0, 0.1) is 5.82 Å². The molecule has 0 saturated heterocycles. The van der Waals surface area contributed by atoms with Crippen LogP contribution in [-0.4, -0.2) is 41.2 Å². The molecular formula is C16H17FN2O3. The van der Waals surface area contributed by atoms with Crippen LogP contribution in [0.25, 0.3) is 0 Å². The Bertz CT molecular complexity index is 635. The lowest BCUT2D eigenvalue weighted by Gasteiger charge is -2.22. The van der Waals surface area contributed by atoms with Crippen molar-refractivity contribution in [2.45, 2.75) is 6.54 Å². The highest BCUT2D eigenvalue weighted by Gasteiger charge is 2.21. The molecule has 2 aromatic rings. The molecule has 1 N–H and O–H groups in total. The van der Waals surface area contributed by atoms with Crippen LogP contribution in [0.2, 0.25) is 0 Å². The van der Waals surface area contributed by atoms with Crippen LogP contribution in [0.1, 0.15) is 15.9 Å². The zero-order valence-corrected chi connectivity index (χ0v) is 12.2. The molecule has 1 aromatic carbocycles. The van der Waals surface area contributed by atoms with E-state index >= 15 is 0 Å². The summed E-state index contributed by atoms with van der Waals surface area (Å²) in [5.74, 6) is -1.20. The van der Waals surface area contributed by atoms with Gasteiger partial charge in [0.25, 0.3) is 5.91 Å². The number of rotatable bonds is 6. The van der Waals surface area contributed by atoms with Crippen LogP contribution in [0.3, 0.4) is 0 Å². The van der Waals surface area contributed by atoms with Crippen LogP contribution >= 0.6 is 0 Å². The number of carbonyl (C=O) groups is 1. The normalized spacial score (nSPS) is 10.3. The molecule has 2 rings (SSSR count). The number of carbonyl (C=O) groups excluding carboxylic acids is 1. The molecule has 0 aliphatic rings. The first kappa shape index (κ1) is 15.9. The van der Waals surface area contributed by atoms with Crippen molar-refractivity contribution in [3.05, 3.63) is 59.7 Å². The van der Waals surface area contributed by atoms with Gasteiger partial charge >= 0.3 is 0 Å². The first-order valence-electron chi connectivity index (χ1n) is 6.79. The van der Waals surface area contributed by atoms with Crippen molar-refractivity contribution < 1.29 is 19.0 Å². The van der Waals surface area contributed by atoms with Gasteiger partial charge in [-0.05, 0) is 23.8 Å². The Morgan fingerprint density at radius 2 is 2.18 bits per heavy atom. The average molecular weight is 304 g/mol. The highest BCUT2D eigenvalue weighted by atomic mass is 19.1. The van der Waals surface area contributed by atoms with E-state index in [1.807, 2.05) is 6.07 Å². The fraction of sp³-hybridized carbons (Fsp3) is 0.250. The summed E-state index contributed by atoms with van der Waals surface area (Å²) < 4.78 is 19.1. The second-order valence-corrected chi connectivity index (χ2v) is 4.63. The number of ether oxygens (including phenoxy) is 1. The van der Waals surface area contributed by atoms with Crippen molar-refractivity contribution in [2.75, 3.05) is 20.3 Å². The van der Waals surface area contributed by atoms with Gasteiger partial charge in [-0.15, -0.1) is 0 Å². The Kier molecular flexibility index (Phi) is 5.43. The van der Waals surface area contributed by atoms with Gasteiger partial charge in [0.05, 0.1) is 19.3 Å². The second kappa shape index (κ2) is 7.51. The van der Waals surface area contributed by atoms with E-state index in [1.54, 1.807) is 24.5 Å². The molecule has 0 aliphatic heterocycles. The third-order valence-corrected chi connectivity index (χ3v) is 3.17. The van der Waals surface area contributed by atoms with Crippen LogP contribution in [-0.2, 0) is 6.54 Å². The van der Waals surface area contributed by atoms with Crippen molar-refractivity contribution in [3.8, 4) is 5.75 Å². The van der Waals surface area contributed by atoms with Crippen LogP contribution in [0.15, 0.2) is 42.7 Å². The fourth-order valence-electron chi connectivity index (χ4n) is 2.09. The van der Waals surface area contributed by atoms with Crippen molar-refractivity contribution in [1.82, 2.24) is 9.88 Å². The van der Waals surface area contributed by atoms with Gasteiger partial charge in [0.2, 0.25) is 0 Å². The molecule has 6 heteroatoms. The Morgan fingerprint density at radius 3 is 2.82 bits per heavy atom. The van der Waals surface area contributed by atoms with Crippen molar-refractivity contribution in [3.63, 3.8) is 0 Å². The maximum absolute atomic E-state index is 14.2. The molecule has 0 spiro atoms. The summed E-state index contributed by atoms with van der Waals surface area (Å²) in [5, 5.41) is 9.15. The molecule has 1 heterocycles. The number of amides is 1. The lowest BCUT2D eigenvalue weighted by molar-refractivity contribution is 0.0702. The molecular weight excluding hydrogens is 287 g/mol. The summed E-state index contributed by atoms with van der Waals surface area (Å²) in [6.07, 6.45) is 3.25. The van der Waals surface area contributed by atoms with E-state index < -0.39 is 11.7 Å².